The molecule has 0 saturated carbocycles. The van der Waals surface area contributed by atoms with Crippen LogP contribution in [-0.2, 0) is 0 Å². The van der Waals surface area contributed by atoms with Crippen molar-refractivity contribution in [3.63, 3.8) is 0 Å². The number of hydrogen-bond donors (Lipinski definition) is 2. The molecule has 1 aliphatic heterocycles. The SMILES string of the molecule is Fc1ccc([C@@H]2CNCCN2)nc1. The van der Waals surface area contributed by atoms with E-state index in [9.17, 15) is 4.39 Å². The van der Waals surface area contributed by atoms with E-state index in [1.807, 2.05) is 0 Å². The largest absolute Gasteiger partial charge is 0.314 e. The van der Waals surface area contributed by atoms with E-state index in [4.69, 9.17) is 0 Å². The Bertz CT molecular complexity index is 267. The summed E-state index contributed by atoms with van der Waals surface area (Å²) < 4.78 is 12.6. The van der Waals surface area contributed by atoms with Crippen molar-refractivity contribution in [2.75, 3.05) is 19.6 Å². The number of pyridine rings is 1. The van der Waals surface area contributed by atoms with Crippen LogP contribution in [0.15, 0.2) is 18.3 Å². The van der Waals surface area contributed by atoms with Gasteiger partial charge in [0.1, 0.15) is 5.82 Å². The van der Waals surface area contributed by atoms with Crippen LogP contribution in [0.2, 0.25) is 0 Å². The first-order chi connectivity index (χ1) is 6.36. The third kappa shape index (κ3) is 2.02. The molecule has 0 spiro atoms. The summed E-state index contributed by atoms with van der Waals surface area (Å²) in [4.78, 5) is 4.02. The van der Waals surface area contributed by atoms with Gasteiger partial charge in [0.15, 0.2) is 0 Å². The van der Waals surface area contributed by atoms with Gasteiger partial charge in [-0.05, 0) is 12.1 Å². The molecule has 0 aromatic carbocycles. The zero-order valence-corrected chi connectivity index (χ0v) is 7.26. The minimum atomic E-state index is -0.285. The van der Waals surface area contributed by atoms with E-state index in [2.05, 4.69) is 15.6 Å². The van der Waals surface area contributed by atoms with Gasteiger partial charge in [-0.1, -0.05) is 0 Å². The van der Waals surface area contributed by atoms with Crippen molar-refractivity contribution in [3.8, 4) is 0 Å². The van der Waals surface area contributed by atoms with Gasteiger partial charge >= 0.3 is 0 Å². The summed E-state index contributed by atoms with van der Waals surface area (Å²) in [5.74, 6) is -0.285. The molecular weight excluding hydrogens is 169 g/mol. The van der Waals surface area contributed by atoms with E-state index in [0.29, 0.717) is 0 Å². The van der Waals surface area contributed by atoms with E-state index in [1.165, 1.54) is 12.3 Å². The summed E-state index contributed by atoms with van der Waals surface area (Å²) >= 11 is 0. The summed E-state index contributed by atoms with van der Waals surface area (Å²) in [5.41, 5.74) is 0.897. The first-order valence-corrected chi connectivity index (χ1v) is 4.42. The van der Waals surface area contributed by atoms with E-state index in [1.54, 1.807) is 6.07 Å². The molecule has 1 aromatic heterocycles. The Balaban J connectivity index is 2.10. The fourth-order valence-corrected chi connectivity index (χ4v) is 1.46. The number of halogens is 1. The Morgan fingerprint density at radius 2 is 2.31 bits per heavy atom. The molecule has 0 bridgehead atoms. The van der Waals surface area contributed by atoms with Gasteiger partial charge in [-0.3, -0.25) is 4.98 Å². The molecule has 0 aliphatic carbocycles. The fourth-order valence-electron chi connectivity index (χ4n) is 1.46. The Hall–Kier alpha value is -1.00. The fraction of sp³-hybridized carbons (Fsp3) is 0.444. The molecular formula is C9H12FN3. The number of rotatable bonds is 1. The number of nitrogens with zero attached hydrogens (tertiary/aromatic N) is 1. The lowest BCUT2D eigenvalue weighted by Gasteiger charge is -2.23. The van der Waals surface area contributed by atoms with Crippen LogP contribution in [0.5, 0.6) is 0 Å². The maximum absolute atomic E-state index is 12.6. The highest BCUT2D eigenvalue weighted by Crippen LogP contribution is 2.10. The maximum Gasteiger partial charge on any atom is 0.141 e. The molecule has 1 aromatic rings. The molecule has 1 aliphatic rings. The molecule has 2 N–H and O–H groups in total. The van der Waals surface area contributed by atoms with Gasteiger partial charge in [0.25, 0.3) is 0 Å². The Morgan fingerprint density at radius 1 is 1.38 bits per heavy atom. The number of hydrogen-bond acceptors (Lipinski definition) is 3. The zero-order chi connectivity index (χ0) is 9.10. The highest BCUT2D eigenvalue weighted by atomic mass is 19.1. The first-order valence-electron chi connectivity index (χ1n) is 4.42. The molecule has 2 heterocycles. The molecule has 0 radical (unpaired) electrons. The molecule has 2 rings (SSSR count). The predicted molar refractivity (Wildman–Crippen MR) is 47.8 cm³/mol. The van der Waals surface area contributed by atoms with Crippen LogP contribution in [0.1, 0.15) is 11.7 Å². The number of piperazine rings is 1. The zero-order valence-electron chi connectivity index (χ0n) is 7.26. The van der Waals surface area contributed by atoms with Crippen LogP contribution >= 0.6 is 0 Å². The van der Waals surface area contributed by atoms with E-state index < -0.39 is 0 Å². The standard InChI is InChI=1S/C9H12FN3/c10-7-1-2-8(13-5-7)9-6-11-3-4-12-9/h1-2,5,9,11-12H,3-4,6H2/t9-/m0/s1. The van der Waals surface area contributed by atoms with Crippen molar-refractivity contribution in [1.29, 1.82) is 0 Å². The third-order valence-corrected chi connectivity index (χ3v) is 2.15. The van der Waals surface area contributed by atoms with E-state index >= 15 is 0 Å². The molecule has 4 heteroatoms. The van der Waals surface area contributed by atoms with Crippen molar-refractivity contribution in [1.82, 2.24) is 15.6 Å². The Labute approximate surface area is 76.4 Å². The van der Waals surface area contributed by atoms with Crippen molar-refractivity contribution in [2.24, 2.45) is 0 Å². The quantitative estimate of drug-likeness (QED) is 0.660. The maximum atomic E-state index is 12.6. The topological polar surface area (TPSA) is 37.0 Å². The van der Waals surface area contributed by atoms with Crippen LogP contribution in [0, 0.1) is 5.82 Å². The Morgan fingerprint density at radius 3 is 2.92 bits per heavy atom. The van der Waals surface area contributed by atoms with Gasteiger partial charge in [-0.25, -0.2) is 4.39 Å². The van der Waals surface area contributed by atoms with Crippen molar-refractivity contribution in [3.05, 3.63) is 29.8 Å². The lowest BCUT2D eigenvalue weighted by Crippen LogP contribution is -2.42. The predicted octanol–water partition coefficient (Wildman–Crippen LogP) is 0.455. The van der Waals surface area contributed by atoms with Gasteiger partial charge < -0.3 is 10.6 Å². The lowest BCUT2D eigenvalue weighted by molar-refractivity contribution is 0.422. The molecule has 3 nitrogen and oxygen atoms in total. The van der Waals surface area contributed by atoms with Crippen molar-refractivity contribution >= 4 is 0 Å². The third-order valence-electron chi connectivity index (χ3n) is 2.15. The summed E-state index contributed by atoms with van der Waals surface area (Å²) in [6.45, 7) is 2.78. The van der Waals surface area contributed by atoms with Crippen LogP contribution in [0.25, 0.3) is 0 Å². The van der Waals surface area contributed by atoms with Crippen LogP contribution in [-0.4, -0.2) is 24.6 Å². The summed E-state index contributed by atoms with van der Waals surface area (Å²) in [6.07, 6.45) is 1.26. The van der Waals surface area contributed by atoms with Crippen molar-refractivity contribution in [2.45, 2.75) is 6.04 Å². The second-order valence-electron chi connectivity index (χ2n) is 3.11. The van der Waals surface area contributed by atoms with Gasteiger partial charge in [-0.2, -0.15) is 0 Å². The van der Waals surface area contributed by atoms with Crippen LogP contribution in [0.3, 0.4) is 0 Å². The molecule has 1 fully saturated rings. The molecule has 13 heavy (non-hydrogen) atoms. The summed E-state index contributed by atoms with van der Waals surface area (Å²) in [7, 11) is 0. The first kappa shape index (κ1) is 8.59. The second kappa shape index (κ2) is 3.81. The van der Waals surface area contributed by atoms with Crippen LogP contribution in [0.4, 0.5) is 4.39 Å². The normalized spacial score (nSPS) is 23.0. The summed E-state index contributed by atoms with van der Waals surface area (Å²) in [6, 6.07) is 3.38. The summed E-state index contributed by atoms with van der Waals surface area (Å²) in [5, 5.41) is 6.56. The average molecular weight is 181 g/mol. The molecule has 0 unspecified atom stereocenters. The van der Waals surface area contributed by atoms with Gasteiger partial charge in [0.05, 0.1) is 17.9 Å². The van der Waals surface area contributed by atoms with Gasteiger partial charge in [0, 0.05) is 19.6 Å². The number of aromatic nitrogens is 1. The lowest BCUT2D eigenvalue weighted by atomic mass is 10.1. The second-order valence-corrected chi connectivity index (χ2v) is 3.11. The smallest absolute Gasteiger partial charge is 0.141 e. The van der Waals surface area contributed by atoms with Crippen LogP contribution < -0.4 is 10.6 Å². The highest BCUT2D eigenvalue weighted by molar-refractivity contribution is 5.10. The van der Waals surface area contributed by atoms with Crippen molar-refractivity contribution < 1.29 is 4.39 Å². The van der Waals surface area contributed by atoms with Gasteiger partial charge in [-0.15, -0.1) is 0 Å². The Kier molecular flexibility index (Phi) is 2.52. The number of nitrogens with one attached hydrogen (secondary N) is 2. The monoisotopic (exact) mass is 181 g/mol. The van der Waals surface area contributed by atoms with E-state index in [0.717, 1.165) is 25.3 Å². The molecule has 1 atom stereocenters. The van der Waals surface area contributed by atoms with E-state index in [-0.39, 0.29) is 11.9 Å². The molecule has 1 saturated heterocycles. The minimum Gasteiger partial charge on any atom is -0.314 e. The highest BCUT2D eigenvalue weighted by Gasteiger charge is 2.14. The van der Waals surface area contributed by atoms with Gasteiger partial charge in [0.2, 0.25) is 0 Å². The molecule has 70 valence electrons. The average Bonchev–Trinajstić information content (AvgIpc) is 2.20. The molecule has 0 amide bonds. The minimum absolute atomic E-state index is 0.217.